The third-order valence-electron chi connectivity index (χ3n) is 5.21. The molecule has 1 saturated carbocycles. The lowest BCUT2D eigenvalue weighted by Crippen LogP contribution is -2.48. The first kappa shape index (κ1) is 23.6. The molecule has 1 atom stereocenters. The minimum Gasteiger partial charge on any atom is -0.351 e. The minimum atomic E-state index is -1.10. The van der Waals surface area contributed by atoms with Gasteiger partial charge < -0.3 is 15.5 Å². The molecule has 0 bridgehead atoms. The fourth-order valence-electron chi connectivity index (χ4n) is 3.22. The summed E-state index contributed by atoms with van der Waals surface area (Å²) in [5.41, 5.74) is 1.66. The fraction of sp³-hybridized carbons (Fsp3) is 0.250. The van der Waals surface area contributed by atoms with Crippen molar-refractivity contribution in [2.24, 2.45) is 4.99 Å². The number of carbonyl (C=O) groups is 2. The van der Waals surface area contributed by atoms with Crippen molar-refractivity contribution >= 4 is 40.9 Å². The molecule has 0 radical (unpaired) electrons. The molecule has 4 rings (SSSR count). The minimum absolute atomic E-state index is 0.139. The molecule has 0 spiro atoms. The molecule has 3 N–H and O–H groups in total. The Labute approximate surface area is 202 Å². The number of hydrogen-bond donors (Lipinski definition) is 3. The summed E-state index contributed by atoms with van der Waals surface area (Å²) < 4.78 is 0. The number of amides is 2. The first-order chi connectivity index (χ1) is 16.9. The van der Waals surface area contributed by atoms with Crippen LogP contribution in [0.5, 0.6) is 0 Å². The Kier molecular flexibility index (Phi) is 7.15. The van der Waals surface area contributed by atoms with Gasteiger partial charge >= 0.3 is 0 Å². The number of nitrogens with zero attached hydrogens (tertiary/aromatic N) is 6. The van der Waals surface area contributed by atoms with E-state index in [0.717, 1.165) is 18.5 Å². The topological polar surface area (TPSA) is 149 Å². The largest absolute Gasteiger partial charge is 0.351 e. The highest BCUT2D eigenvalue weighted by Crippen LogP contribution is 2.39. The van der Waals surface area contributed by atoms with E-state index in [4.69, 9.17) is 5.41 Å². The third-order valence-corrected chi connectivity index (χ3v) is 5.21. The second-order valence-corrected chi connectivity index (χ2v) is 8.19. The average Bonchev–Trinajstić information content (AvgIpc) is 3.72. The van der Waals surface area contributed by atoms with Gasteiger partial charge in [-0.25, -0.2) is 24.9 Å². The number of pyridine rings is 2. The van der Waals surface area contributed by atoms with Crippen molar-refractivity contribution in [3.8, 4) is 0 Å². The molecule has 11 nitrogen and oxygen atoms in total. The van der Waals surface area contributed by atoms with Crippen molar-refractivity contribution in [1.82, 2.24) is 30.2 Å². The van der Waals surface area contributed by atoms with E-state index in [2.05, 4.69) is 35.6 Å². The molecule has 3 aromatic heterocycles. The highest BCUT2D eigenvalue weighted by atomic mass is 16.2. The van der Waals surface area contributed by atoms with Gasteiger partial charge in [-0.3, -0.25) is 15.0 Å². The van der Waals surface area contributed by atoms with E-state index < -0.39 is 17.9 Å². The molecule has 0 aromatic carbocycles. The smallest absolute Gasteiger partial charge is 0.272 e. The number of aromatic nitrogens is 4. The van der Waals surface area contributed by atoms with E-state index >= 15 is 0 Å². The maximum Gasteiger partial charge on any atom is 0.272 e. The van der Waals surface area contributed by atoms with Crippen molar-refractivity contribution in [3.05, 3.63) is 66.6 Å². The highest BCUT2D eigenvalue weighted by molar-refractivity contribution is 6.42. The Morgan fingerprint density at radius 1 is 1.17 bits per heavy atom. The summed E-state index contributed by atoms with van der Waals surface area (Å²) in [6.45, 7) is 0. The summed E-state index contributed by atoms with van der Waals surface area (Å²) in [5.74, 6) is -0.397. The van der Waals surface area contributed by atoms with Crippen LogP contribution in [-0.2, 0) is 4.79 Å². The van der Waals surface area contributed by atoms with Gasteiger partial charge in [0.15, 0.2) is 11.5 Å². The lowest BCUT2D eigenvalue weighted by molar-refractivity contribution is -0.121. The zero-order chi connectivity index (χ0) is 24.8. The monoisotopic (exact) mass is 471 g/mol. The summed E-state index contributed by atoms with van der Waals surface area (Å²) in [6, 6.07) is 7.77. The number of aliphatic imine (C=N–C) groups is 1. The van der Waals surface area contributed by atoms with Gasteiger partial charge in [-0.05, 0) is 37.1 Å². The summed E-state index contributed by atoms with van der Waals surface area (Å²) in [4.78, 5) is 48.1. The maximum absolute atomic E-state index is 13.4. The van der Waals surface area contributed by atoms with E-state index in [1.54, 1.807) is 42.9 Å². The normalized spacial score (nSPS) is 13.8. The van der Waals surface area contributed by atoms with Gasteiger partial charge in [0, 0.05) is 38.1 Å². The second-order valence-electron chi connectivity index (χ2n) is 8.19. The summed E-state index contributed by atoms with van der Waals surface area (Å²) >= 11 is 0. The van der Waals surface area contributed by atoms with E-state index in [0.29, 0.717) is 23.1 Å². The van der Waals surface area contributed by atoms with Crippen molar-refractivity contribution in [2.45, 2.75) is 24.8 Å². The standard InChI is InChI=1S/C24H25N9O2/c1-33(2)24(35)21(25)19(13-29-20-5-3-4-10-28-20)32-23(34)22-18(30-16-11-26-14-27-12-16)9-8-17(31-22)15-6-7-15/h3-5,8-15,19,25,30H,6-7H2,1-2H3,(H,32,34). The van der Waals surface area contributed by atoms with Crippen LogP contribution in [0.15, 0.2) is 60.2 Å². The van der Waals surface area contributed by atoms with Crippen LogP contribution in [0.4, 0.5) is 17.2 Å². The number of hydrogen-bond acceptors (Lipinski definition) is 9. The van der Waals surface area contributed by atoms with Crippen LogP contribution in [-0.4, -0.2) is 68.7 Å². The van der Waals surface area contributed by atoms with Gasteiger partial charge in [0.05, 0.1) is 23.8 Å². The lowest BCUT2D eigenvalue weighted by Gasteiger charge is -2.19. The van der Waals surface area contributed by atoms with Crippen LogP contribution in [0.2, 0.25) is 0 Å². The Bertz CT molecular complexity index is 1240. The van der Waals surface area contributed by atoms with E-state index in [1.165, 1.54) is 31.5 Å². The molecule has 1 unspecified atom stereocenters. The van der Waals surface area contributed by atoms with Crippen LogP contribution in [0, 0.1) is 5.41 Å². The van der Waals surface area contributed by atoms with Crippen LogP contribution in [0.25, 0.3) is 0 Å². The first-order valence-electron chi connectivity index (χ1n) is 11.0. The molecule has 2 amide bonds. The molecule has 3 heterocycles. The summed E-state index contributed by atoms with van der Waals surface area (Å²) in [5, 5.41) is 14.2. The Balaban J connectivity index is 1.64. The van der Waals surface area contributed by atoms with Gasteiger partial charge in [-0.2, -0.15) is 0 Å². The quantitative estimate of drug-likeness (QED) is 0.406. The van der Waals surface area contributed by atoms with Crippen LogP contribution in [0.1, 0.15) is 34.9 Å². The number of nitrogens with one attached hydrogen (secondary N) is 3. The van der Waals surface area contributed by atoms with Crippen LogP contribution < -0.4 is 10.6 Å². The number of rotatable bonds is 9. The van der Waals surface area contributed by atoms with Gasteiger partial charge in [-0.1, -0.05) is 6.07 Å². The maximum atomic E-state index is 13.4. The molecule has 35 heavy (non-hydrogen) atoms. The molecule has 0 aliphatic heterocycles. The fourth-order valence-corrected chi connectivity index (χ4v) is 3.22. The SMILES string of the molecule is CN(C)C(=O)C(=N)C(C=Nc1ccccn1)NC(=O)c1nc(C2CC2)ccc1Nc1cncnc1. The van der Waals surface area contributed by atoms with Gasteiger partial charge in [0.25, 0.3) is 11.8 Å². The lowest BCUT2D eigenvalue weighted by atomic mass is 10.1. The second kappa shape index (κ2) is 10.6. The van der Waals surface area contributed by atoms with E-state index in [-0.39, 0.29) is 11.4 Å². The van der Waals surface area contributed by atoms with Crippen LogP contribution in [0.3, 0.4) is 0 Å². The highest BCUT2D eigenvalue weighted by Gasteiger charge is 2.29. The summed E-state index contributed by atoms with van der Waals surface area (Å²) in [6.07, 6.45) is 9.52. The Morgan fingerprint density at radius 2 is 1.94 bits per heavy atom. The van der Waals surface area contributed by atoms with Gasteiger partial charge in [-0.15, -0.1) is 0 Å². The molecule has 1 fully saturated rings. The predicted octanol–water partition coefficient (Wildman–Crippen LogP) is 2.50. The van der Waals surface area contributed by atoms with Gasteiger partial charge in [0.2, 0.25) is 0 Å². The van der Waals surface area contributed by atoms with E-state index in [1.807, 2.05) is 6.07 Å². The summed E-state index contributed by atoms with van der Waals surface area (Å²) in [7, 11) is 3.08. The number of carbonyl (C=O) groups excluding carboxylic acids is 2. The molecule has 11 heteroatoms. The van der Waals surface area contributed by atoms with Crippen molar-refractivity contribution < 1.29 is 9.59 Å². The molecular formula is C24H25N9O2. The molecule has 178 valence electrons. The average molecular weight is 472 g/mol. The molecule has 1 aliphatic rings. The first-order valence-corrected chi connectivity index (χ1v) is 11.0. The van der Waals surface area contributed by atoms with Crippen molar-refractivity contribution in [2.75, 3.05) is 19.4 Å². The van der Waals surface area contributed by atoms with Crippen molar-refractivity contribution in [1.29, 1.82) is 5.41 Å². The van der Waals surface area contributed by atoms with Gasteiger partial charge in [0.1, 0.15) is 18.1 Å². The third kappa shape index (κ3) is 6.08. The number of anilines is 2. The van der Waals surface area contributed by atoms with Crippen molar-refractivity contribution in [3.63, 3.8) is 0 Å². The van der Waals surface area contributed by atoms with Crippen LogP contribution >= 0.6 is 0 Å². The Hall–Kier alpha value is -4.54. The molecular weight excluding hydrogens is 446 g/mol. The zero-order valence-corrected chi connectivity index (χ0v) is 19.3. The van der Waals surface area contributed by atoms with E-state index in [9.17, 15) is 9.59 Å². The predicted molar refractivity (Wildman–Crippen MR) is 132 cm³/mol. The Morgan fingerprint density at radius 3 is 2.60 bits per heavy atom. The molecule has 0 saturated heterocycles. The molecule has 1 aliphatic carbocycles. The zero-order valence-electron chi connectivity index (χ0n) is 19.3. The molecule has 3 aromatic rings.